The normalized spacial score (nSPS) is 17.6. The first-order valence-electron chi connectivity index (χ1n) is 7.04. The molecule has 0 bridgehead atoms. The standard InChI is InChI=1S/C15H22F2N2.ClH/c1-3-4-13(19-9-7-18-8-10-19)12-6-5-11(2)14(16)15(12)17;/h5-6,13,18H,3-4,7-10H2,1-2H3;1H/t13-;/m1./s1. The molecule has 0 spiro atoms. The summed E-state index contributed by atoms with van der Waals surface area (Å²) in [5.41, 5.74) is 0.878. The van der Waals surface area contributed by atoms with Crippen molar-refractivity contribution in [2.45, 2.75) is 32.7 Å². The first kappa shape index (κ1) is 17.3. The van der Waals surface area contributed by atoms with Crippen LogP contribution < -0.4 is 5.32 Å². The Kier molecular flexibility index (Phi) is 6.86. The average molecular weight is 305 g/mol. The number of nitrogens with one attached hydrogen (secondary N) is 1. The molecule has 0 unspecified atom stereocenters. The van der Waals surface area contributed by atoms with Crippen LogP contribution in [-0.4, -0.2) is 31.1 Å². The van der Waals surface area contributed by atoms with Gasteiger partial charge in [0.15, 0.2) is 11.6 Å². The molecular formula is C15H23ClF2N2. The Morgan fingerprint density at radius 3 is 2.45 bits per heavy atom. The molecule has 1 aliphatic heterocycles. The van der Waals surface area contributed by atoms with Crippen molar-refractivity contribution in [3.8, 4) is 0 Å². The van der Waals surface area contributed by atoms with Crippen LogP contribution in [0.2, 0.25) is 0 Å². The van der Waals surface area contributed by atoms with Crippen LogP contribution in [0.5, 0.6) is 0 Å². The quantitative estimate of drug-likeness (QED) is 0.916. The molecule has 1 aromatic rings. The summed E-state index contributed by atoms with van der Waals surface area (Å²) in [4.78, 5) is 2.26. The molecule has 20 heavy (non-hydrogen) atoms. The van der Waals surface area contributed by atoms with Crippen LogP contribution in [0.3, 0.4) is 0 Å². The Morgan fingerprint density at radius 1 is 1.20 bits per heavy atom. The van der Waals surface area contributed by atoms with E-state index in [1.807, 2.05) is 0 Å². The molecule has 0 aromatic heterocycles. The van der Waals surface area contributed by atoms with E-state index < -0.39 is 11.6 Å². The maximum atomic E-state index is 14.2. The van der Waals surface area contributed by atoms with Gasteiger partial charge in [0.2, 0.25) is 0 Å². The van der Waals surface area contributed by atoms with Gasteiger partial charge in [0.25, 0.3) is 0 Å². The number of hydrogen-bond donors (Lipinski definition) is 1. The second kappa shape index (κ2) is 7.91. The Morgan fingerprint density at radius 2 is 1.85 bits per heavy atom. The summed E-state index contributed by atoms with van der Waals surface area (Å²) < 4.78 is 27.9. The van der Waals surface area contributed by atoms with Gasteiger partial charge in [-0.05, 0) is 18.9 Å². The van der Waals surface area contributed by atoms with Crippen LogP contribution in [0.15, 0.2) is 12.1 Å². The number of hydrogen-bond acceptors (Lipinski definition) is 2. The highest BCUT2D eigenvalue weighted by atomic mass is 35.5. The predicted molar refractivity (Wildman–Crippen MR) is 80.4 cm³/mol. The minimum atomic E-state index is -0.700. The minimum Gasteiger partial charge on any atom is -0.314 e. The molecule has 1 saturated heterocycles. The van der Waals surface area contributed by atoms with E-state index in [0.717, 1.165) is 39.0 Å². The van der Waals surface area contributed by atoms with Crippen LogP contribution in [0, 0.1) is 18.6 Å². The van der Waals surface area contributed by atoms with Gasteiger partial charge in [0, 0.05) is 37.8 Å². The van der Waals surface area contributed by atoms with Crippen molar-refractivity contribution in [3.05, 3.63) is 34.9 Å². The largest absolute Gasteiger partial charge is 0.314 e. The molecule has 5 heteroatoms. The Bertz CT molecular complexity index is 434. The first-order valence-corrected chi connectivity index (χ1v) is 7.04. The molecule has 1 aromatic carbocycles. The molecule has 0 radical (unpaired) electrons. The lowest BCUT2D eigenvalue weighted by Gasteiger charge is -2.35. The highest BCUT2D eigenvalue weighted by Gasteiger charge is 2.25. The van der Waals surface area contributed by atoms with Gasteiger partial charge in [-0.1, -0.05) is 25.5 Å². The Hall–Kier alpha value is -0.710. The molecule has 0 aliphatic carbocycles. The summed E-state index contributed by atoms with van der Waals surface area (Å²) in [5.74, 6) is -1.37. The van der Waals surface area contributed by atoms with Gasteiger partial charge in [0.1, 0.15) is 0 Å². The number of benzene rings is 1. The fourth-order valence-corrected chi connectivity index (χ4v) is 2.72. The lowest BCUT2D eigenvalue weighted by Crippen LogP contribution is -2.45. The van der Waals surface area contributed by atoms with Crippen LogP contribution in [-0.2, 0) is 0 Å². The SMILES string of the molecule is CCC[C@H](c1ccc(C)c(F)c1F)N1CCNCC1.Cl. The summed E-state index contributed by atoms with van der Waals surface area (Å²) in [7, 11) is 0. The third kappa shape index (κ3) is 3.68. The van der Waals surface area contributed by atoms with Crippen LogP contribution in [0.4, 0.5) is 8.78 Å². The number of halogens is 3. The second-order valence-corrected chi connectivity index (χ2v) is 5.19. The molecule has 0 amide bonds. The topological polar surface area (TPSA) is 15.3 Å². The van der Waals surface area contributed by atoms with Crippen molar-refractivity contribution in [1.29, 1.82) is 0 Å². The first-order chi connectivity index (χ1) is 9.15. The molecule has 1 fully saturated rings. The summed E-state index contributed by atoms with van der Waals surface area (Å²) in [6, 6.07) is 3.41. The van der Waals surface area contributed by atoms with Gasteiger partial charge >= 0.3 is 0 Å². The van der Waals surface area contributed by atoms with Crippen molar-refractivity contribution in [1.82, 2.24) is 10.2 Å². The lowest BCUT2D eigenvalue weighted by atomic mass is 9.98. The molecule has 1 aliphatic rings. The molecule has 1 N–H and O–H groups in total. The minimum absolute atomic E-state index is 0. The highest BCUT2D eigenvalue weighted by Crippen LogP contribution is 2.30. The Labute approximate surface area is 126 Å². The zero-order valence-electron chi connectivity index (χ0n) is 12.1. The van der Waals surface area contributed by atoms with Crippen molar-refractivity contribution in [2.24, 2.45) is 0 Å². The lowest BCUT2D eigenvalue weighted by molar-refractivity contribution is 0.160. The van der Waals surface area contributed by atoms with E-state index in [-0.39, 0.29) is 18.4 Å². The zero-order valence-corrected chi connectivity index (χ0v) is 12.9. The predicted octanol–water partition coefficient (Wildman–Crippen LogP) is 3.44. The number of aryl methyl sites for hydroxylation is 1. The van der Waals surface area contributed by atoms with Crippen LogP contribution in [0.25, 0.3) is 0 Å². The van der Waals surface area contributed by atoms with E-state index >= 15 is 0 Å². The third-order valence-corrected chi connectivity index (χ3v) is 3.82. The molecule has 0 saturated carbocycles. The average Bonchev–Trinajstić information content (AvgIpc) is 2.44. The number of rotatable bonds is 4. The third-order valence-electron chi connectivity index (χ3n) is 3.82. The van der Waals surface area contributed by atoms with Gasteiger partial charge in [-0.2, -0.15) is 0 Å². The maximum Gasteiger partial charge on any atom is 0.163 e. The molecule has 1 atom stereocenters. The number of nitrogens with zero attached hydrogens (tertiary/aromatic N) is 1. The van der Waals surface area contributed by atoms with Crippen molar-refractivity contribution >= 4 is 12.4 Å². The summed E-state index contributed by atoms with van der Waals surface area (Å²) >= 11 is 0. The maximum absolute atomic E-state index is 14.2. The monoisotopic (exact) mass is 304 g/mol. The van der Waals surface area contributed by atoms with E-state index in [2.05, 4.69) is 17.1 Å². The van der Waals surface area contributed by atoms with Crippen molar-refractivity contribution in [3.63, 3.8) is 0 Å². The molecular weight excluding hydrogens is 282 g/mol. The molecule has 114 valence electrons. The van der Waals surface area contributed by atoms with Crippen LogP contribution >= 0.6 is 12.4 Å². The van der Waals surface area contributed by atoms with E-state index in [1.165, 1.54) is 0 Å². The van der Waals surface area contributed by atoms with Gasteiger partial charge in [0.05, 0.1) is 0 Å². The van der Waals surface area contributed by atoms with Gasteiger partial charge in [-0.15, -0.1) is 12.4 Å². The van der Waals surface area contributed by atoms with E-state index in [4.69, 9.17) is 0 Å². The smallest absolute Gasteiger partial charge is 0.163 e. The highest BCUT2D eigenvalue weighted by molar-refractivity contribution is 5.85. The summed E-state index contributed by atoms with van der Waals surface area (Å²) in [6.07, 6.45) is 1.82. The number of piperazine rings is 1. The van der Waals surface area contributed by atoms with Gasteiger partial charge in [-0.25, -0.2) is 8.78 Å². The van der Waals surface area contributed by atoms with E-state index in [0.29, 0.717) is 11.1 Å². The molecule has 2 rings (SSSR count). The summed E-state index contributed by atoms with van der Waals surface area (Å²) in [6.45, 7) is 7.28. The van der Waals surface area contributed by atoms with Gasteiger partial charge in [-0.3, -0.25) is 4.90 Å². The fraction of sp³-hybridized carbons (Fsp3) is 0.600. The van der Waals surface area contributed by atoms with E-state index in [1.54, 1.807) is 19.1 Å². The molecule has 1 heterocycles. The second-order valence-electron chi connectivity index (χ2n) is 5.19. The van der Waals surface area contributed by atoms with Crippen molar-refractivity contribution in [2.75, 3.05) is 26.2 Å². The van der Waals surface area contributed by atoms with Crippen LogP contribution in [0.1, 0.15) is 36.9 Å². The fourth-order valence-electron chi connectivity index (χ4n) is 2.72. The summed E-state index contributed by atoms with van der Waals surface area (Å²) in [5, 5.41) is 3.29. The molecule has 2 nitrogen and oxygen atoms in total. The Balaban J connectivity index is 0.00000200. The van der Waals surface area contributed by atoms with Crippen molar-refractivity contribution < 1.29 is 8.78 Å². The van der Waals surface area contributed by atoms with Gasteiger partial charge < -0.3 is 5.32 Å². The van der Waals surface area contributed by atoms with E-state index in [9.17, 15) is 8.78 Å². The zero-order chi connectivity index (χ0) is 13.8.